The number of carbonyl (C=O) groups is 1. The highest BCUT2D eigenvalue weighted by Crippen LogP contribution is 2.23. The normalized spacial score (nSPS) is 10.2. The molecule has 0 atom stereocenters. The molecule has 0 aliphatic heterocycles. The van der Waals surface area contributed by atoms with Gasteiger partial charge in [0.15, 0.2) is 5.69 Å². The number of methoxy groups -OCH3 is 1. The first kappa shape index (κ1) is 11.2. The minimum Gasteiger partial charge on any atom is -0.495 e. The Labute approximate surface area is 98.3 Å². The quantitative estimate of drug-likeness (QED) is 0.877. The molecule has 2 rings (SSSR count). The molecule has 0 aliphatic carbocycles. The SMILES string of the molecule is COc1ccc(C)cc1-n1cnc(C(=O)O)c1. The van der Waals surface area contributed by atoms with Crippen molar-refractivity contribution >= 4 is 5.97 Å². The largest absolute Gasteiger partial charge is 0.495 e. The minimum absolute atomic E-state index is 0.00793. The predicted molar refractivity (Wildman–Crippen MR) is 61.8 cm³/mol. The maximum absolute atomic E-state index is 10.8. The van der Waals surface area contributed by atoms with Crippen LogP contribution in [0.25, 0.3) is 5.69 Å². The van der Waals surface area contributed by atoms with Gasteiger partial charge in [0, 0.05) is 6.20 Å². The van der Waals surface area contributed by atoms with Crippen molar-refractivity contribution in [3.05, 3.63) is 42.0 Å². The topological polar surface area (TPSA) is 64.4 Å². The Bertz CT molecular complexity index is 561. The second kappa shape index (κ2) is 4.29. The molecule has 0 amide bonds. The second-order valence-electron chi connectivity index (χ2n) is 3.65. The summed E-state index contributed by atoms with van der Waals surface area (Å²) in [5, 5.41) is 8.82. The third-order valence-electron chi connectivity index (χ3n) is 2.41. The summed E-state index contributed by atoms with van der Waals surface area (Å²) in [5.74, 6) is -0.375. The highest BCUT2D eigenvalue weighted by Gasteiger charge is 2.10. The van der Waals surface area contributed by atoms with Crippen molar-refractivity contribution < 1.29 is 14.6 Å². The molecule has 0 aliphatic rings. The van der Waals surface area contributed by atoms with Crippen LogP contribution in [-0.2, 0) is 0 Å². The van der Waals surface area contributed by atoms with Crippen LogP contribution in [-0.4, -0.2) is 27.7 Å². The van der Waals surface area contributed by atoms with E-state index in [1.165, 1.54) is 12.5 Å². The molecule has 1 heterocycles. The lowest BCUT2D eigenvalue weighted by molar-refractivity contribution is 0.0691. The molecule has 1 aromatic heterocycles. The van der Waals surface area contributed by atoms with Gasteiger partial charge >= 0.3 is 5.97 Å². The van der Waals surface area contributed by atoms with Gasteiger partial charge in [-0.05, 0) is 24.6 Å². The second-order valence-corrected chi connectivity index (χ2v) is 3.65. The maximum atomic E-state index is 10.8. The number of imidazole rings is 1. The Kier molecular flexibility index (Phi) is 2.82. The van der Waals surface area contributed by atoms with Gasteiger partial charge in [-0.3, -0.25) is 0 Å². The van der Waals surface area contributed by atoms with Crippen molar-refractivity contribution in [2.75, 3.05) is 7.11 Å². The lowest BCUT2D eigenvalue weighted by Gasteiger charge is -2.09. The van der Waals surface area contributed by atoms with Crippen LogP contribution in [0.1, 0.15) is 16.1 Å². The monoisotopic (exact) mass is 232 g/mol. The van der Waals surface area contributed by atoms with Gasteiger partial charge in [-0.1, -0.05) is 6.07 Å². The summed E-state index contributed by atoms with van der Waals surface area (Å²) in [7, 11) is 1.57. The highest BCUT2D eigenvalue weighted by molar-refractivity contribution is 5.85. The third kappa shape index (κ3) is 2.13. The van der Waals surface area contributed by atoms with Gasteiger partial charge in [-0.2, -0.15) is 0 Å². The number of carboxylic acids is 1. The molecule has 1 aromatic carbocycles. The lowest BCUT2D eigenvalue weighted by Crippen LogP contribution is -1.98. The van der Waals surface area contributed by atoms with Crippen molar-refractivity contribution in [1.82, 2.24) is 9.55 Å². The first-order chi connectivity index (χ1) is 8.11. The van der Waals surface area contributed by atoms with E-state index in [9.17, 15) is 4.79 Å². The van der Waals surface area contributed by atoms with Crippen LogP contribution in [0.2, 0.25) is 0 Å². The summed E-state index contributed by atoms with van der Waals surface area (Å²) in [4.78, 5) is 14.6. The van der Waals surface area contributed by atoms with E-state index in [2.05, 4.69) is 4.98 Å². The van der Waals surface area contributed by atoms with Crippen LogP contribution < -0.4 is 4.74 Å². The lowest BCUT2D eigenvalue weighted by atomic mass is 10.2. The van der Waals surface area contributed by atoms with Crippen molar-refractivity contribution in [2.45, 2.75) is 6.92 Å². The van der Waals surface area contributed by atoms with Crippen LogP contribution in [0.3, 0.4) is 0 Å². The van der Waals surface area contributed by atoms with Crippen LogP contribution in [0.4, 0.5) is 0 Å². The van der Waals surface area contributed by atoms with Gasteiger partial charge in [0.25, 0.3) is 0 Å². The molecule has 0 unspecified atom stereocenters. The first-order valence-electron chi connectivity index (χ1n) is 5.04. The number of nitrogens with zero attached hydrogens (tertiary/aromatic N) is 2. The molecule has 0 saturated carbocycles. The van der Waals surface area contributed by atoms with Crippen molar-refractivity contribution in [1.29, 1.82) is 0 Å². The van der Waals surface area contributed by atoms with Gasteiger partial charge in [0.2, 0.25) is 0 Å². The van der Waals surface area contributed by atoms with E-state index in [1.54, 1.807) is 11.7 Å². The number of ether oxygens (including phenoxy) is 1. The average Bonchev–Trinajstić information content (AvgIpc) is 2.78. The van der Waals surface area contributed by atoms with Crippen LogP contribution in [0, 0.1) is 6.92 Å². The molecule has 5 nitrogen and oxygen atoms in total. The van der Waals surface area contributed by atoms with Gasteiger partial charge < -0.3 is 14.4 Å². The van der Waals surface area contributed by atoms with Gasteiger partial charge in [0.1, 0.15) is 12.1 Å². The number of aromatic nitrogens is 2. The number of hydrogen-bond acceptors (Lipinski definition) is 3. The Morgan fingerprint density at radius 2 is 2.24 bits per heavy atom. The average molecular weight is 232 g/mol. The Balaban J connectivity index is 2.51. The van der Waals surface area contributed by atoms with Crippen LogP contribution in [0.5, 0.6) is 5.75 Å². The Hall–Kier alpha value is -2.30. The standard InChI is InChI=1S/C12H12N2O3/c1-8-3-4-11(17-2)10(5-8)14-6-9(12(15)16)13-7-14/h3-7H,1-2H3,(H,15,16). The molecule has 88 valence electrons. The van der Waals surface area contributed by atoms with E-state index in [4.69, 9.17) is 9.84 Å². The first-order valence-corrected chi connectivity index (χ1v) is 5.04. The zero-order chi connectivity index (χ0) is 12.4. The zero-order valence-corrected chi connectivity index (χ0v) is 9.54. The number of carboxylic acid groups (broad SMARTS) is 1. The molecule has 0 bridgehead atoms. The van der Waals surface area contributed by atoms with E-state index in [-0.39, 0.29) is 5.69 Å². The molecule has 5 heteroatoms. The predicted octanol–water partition coefficient (Wildman–Crippen LogP) is 1.89. The summed E-state index contributed by atoms with van der Waals surface area (Å²) in [6.07, 6.45) is 2.92. The number of aryl methyl sites for hydroxylation is 1. The van der Waals surface area contributed by atoms with E-state index in [0.717, 1.165) is 11.3 Å². The number of benzene rings is 1. The van der Waals surface area contributed by atoms with Crippen molar-refractivity contribution in [3.63, 3.8) is 0 Å². The molecule has 0 fully saturated rings. The molecular weight excluding hydrogens is 220 g/mol. The van der Waals surface area contributed by atoms with E-state index < -0.39 is 5.97 Å². The van der Waals surface area contributed by atoms with Gasteiger partial charge in [-0.25, -0.2) is 9.78 Å². The fraction of sp³-hybridized carbons (Fsp3) is 0.167. The summed E-state index contributed by atoms with van der Waals surface area (Å²) in [5.41, 5.74) is 1.84. The van der Waals surface area contributed by atoms with Gasteiger partial charge in [-0.15, -0.1) is 0 Å². The zero-order valence-electron chi connectivity index (χ0n) is 9.54. The fourth-order valence-corrected chi connectivity index (χ4v) is 1.57. The maximum Gasteiger partial charge on any atom is 0.356 e. The summed E-state index contributed by atoms with van der Waals surface area (Å²) in [6.45, 7) is 1.96. The Morgan fingerprint density at radius 1 is 1.47 bits per heavy atom. The molecule has 2 aromatic rings. The van der Waals surface area contributed by atoms with Crippen LogP contribution in [0.15, 0.2) is 30.7 Å². The fourth-order valence-electron chi connectivity index (χ4n) is 1.57. The molecule has 0 spiro atoms. The summed E-state index contributed by atoms with van der Waals surface area (Å²) >= 11 is 0. The molecule has 0 radical (unpaired) electrons. The van der Waals surface area contributed by atoms with E-state index in [0.29, 0.717) is 5.75 Å². The number of aromatic carboxylic acids is 1. The molecular formula is C12H12N2O3. The van der Waals surface area contributed by atoms with E-state index in [1.807, 2.05) is 25.1 Å². The Morgan fingerprint density at radius 3 is 2.82 bits per heavy atom. The third-order valence-corrected chi connectivity index (χ3v) is 2.41. The number of hydrogen-bond donors (Lipinski definition) is 1. The van der Waals surface area contributed by atoms with E-state index >= 15 is 0 Å². The van der Waals surface area contributed by atoms with Crippen molar-refractivity contribution in [2.24, 2.45) is 0 Å². The summed E-state index contributed by atoms with van der Waals surface area (Å²) < 4.78 is 6.86. The molecule has 0 saturated heterocycles. The smallest absolute Gasteiger partial charge is 0.356 e. The molecule has 17 heavy (non-hydrogen) atoms. The van der Waals surface area contributed by atoms with Gasteiger partial charge in [0.05, 0.1) is 12.8 Å². The van der Waals surface area contributed by atoms with Crippen molar-refractivity contribution in [3.8, 4) is 11.4 Å². The molecule has 1 N–H and O–H groups in total. The highest BCUT2D eigenvalue weighted by atomic mass is 16.5. The minimum atomic E-state index is -1.05. The van der Waals surface area contributed by atoms with Crippen LogP contribution >= 0.6 is 0 Å². The summed E-state index contributed by atoms with van der Waals surface area (Å²) in [6, 6.07) is 5.68. The number of rotatable bonds is 3.